The van der Waals surface area contributed by atoms with E-state index in [4.69, 9.17) is 4.74 Å². The minimum Gasteiger partial charge on any atom is -0.493 e. The molecule has 0 aliphatic rings. The van der Waals surface area contributed by atoms with Gasteiger partial charge < -0.3 is 4.74 Å². The lowest BCUT2D eigenvalue weighted by Crippen LogP contribution is -1.99. The van der Waals surface area contributed by atoms with E-state index >= 15 is 0 Å². The fourth-order valence-corrected chi connectivity index (χ4v) is 2.09. The van der Waals surface area contributed by atoms with Gasteiger partial charge >= 0.3 is 0 Å². The van der Waals surface area contributed by atoms with Crippen LogP contribution in [0.5, 0.6) is 5.75 Å². The van der Waals surface area contributed by atoms with Crippen molar-refractivity contribution in [2.45, 2.75) is 58.3 Å². The third-order valence-corrected chi connectivity index (χ3v) is 3.25. The lowest BCUT2D eigenvalue weighted by molar-refractivity contribution is 0.303. The summed E-state index contributed by atoms with van der Waals surface area (Å²) >= 11 is 0. The van der Waals surface area contributed by atoms with Crippen molar-refractivity contribution in [1.82, 2.24) is 0 Å². The molecule has 19 heavy (non-hydrogen) atoms. The molecule has 0 aliphatic carbocycles. The summed E-state index contributed by atoms with van der Waals surface area (Å²) < 4.78 is 5.61. The summed E-state index contributed by atoms with van der Waals surface area (Å²) in [6.45, 7) is 2.93. The highest BCUT2D eigenvalue weighted by Crippen LogP contribution is 2.16. The molecule has 0 aliphatic heterocycles. The molecule has 1 radical (unpaired) electrons. The van der Waals surface area contributed by atoms with Crippen LogP contribution in [0.2, 0.25) is 0 Å². The molecule has 0 bridgehead atoms. The first-order valence-electron chi connectivity index (χ1n) is 7.48. The molecular weight excluding hydrogens is 236 g/mol. The molecule has 2 heteroatoms. The number of benzene rings is 1. The Morgan fingerprint density at radius 1 is 0.947 bits per heavy atom. The lowest BCUT2D eigenvalue weighted by atomic mass is 10.1. The van der Waals surface area contributed by atoms with Gasteiger partial charge in [0.05, 0.1) is 12.2 Å². The van der Waals surface area contributed by atoms with Gasteiger partial charge in [0, 0.05) is 0 Å². The smallest absolute Gasteiger partial charge is 0.237 e. The average Bonchev–Trinajstić information content (AvgIpc) is 2.46. The minimum absolute atomic E-state index is 0.516. The SMILES string of the molecule is CCCCCCCCCCOc1ccccc1[C]=O. The number of para-hydroxylation sites is 1. The van der Waals surface area contributed by atoms with Crippen LogP contribution in [0.4, 0.5) is 0 Å². The van der Waals surface area contributed by atoms with Crippen LogP contribution >= 0.6 is 0 Å². The zero-order chi connectivity index (χ0) is 13.8. The lowest BCUT2D eigenvalue weighted by Gasteiger charge is -2.07. The summed E-state index contributed by atoms with van der Waals surface area (Å²) in [5.74, 6) is 0.653. The molecule has 0 spiro atoms. The predicted octanol–water partition coefficient (Wildman–Crippen LogP) is 4.66. The Labute approximate surface area is 117 Å². The van der Waals surface area contributed by atoms with E-state index in [-0.39, 0.29) is 0 Å². The first kappa shape index (κ1) is 15.7. The molecule has 105 valence electrons. The van der Waals surface area contributed by atoms with E-state index in [9.17, 15) is 4.79 Å². The molecule has 0 saturated heterocycles. The molecule has 0 amide bonds. The van der Waals surface area contributed by atoms with Crippen molar-refractivity contribution in [2.75, 3.05) is 6.61 Å². The molecule has 0 unspecified atom stereocenters. The third-order valence-electron chi connectivity index (χ3n) is 3.25. The van der Waals surface area contributed by atoms with Crippen LogP contribution in [0.15, 0.2) is 24.3 Å². The Kier molecular flexibility index (Phi) is 8.78. The van der Waals surface area contributed by atoms with Crippen molar-refractivity contribution >= 4 is 6.29 Å². The van der Waals surface area contributed by atoms with E-state index in [1.54, 1.807) is 6.07 Å². The molecule has 0 N–H and O–H groups in total. The predicted molar refractivity (Wildman–Crippen MR) is 79.3 cm³/mol. The second-order valence-electron chi connectivity index (χ2n) is 4.92. The number of carbonyl (C=O) groups excluding carboxylic acids is 1. The summed E-state index contributed by atoms with van der Waals surface area (Å²) in [7, 11) is 0. The van der Waals surface area contributed by atoms with Crippen LogP contribution in [-0.2, 0) is 4.79 Å². The van der Waals surface area contributed by atoms with Gasteiger partial charge in [-0.05, 0) is 18.6 Å². The summed E-state index contributed by atoms with van der Waals surface area (Å²) in [5, 5.41) is 0. The van der Waals surface area contributed by atoms with Gasteiger partial charge in [-0.2, -0.15) is 0 Å². The Morgan fingerprint density at radius 2 is 1.58 bits per heavy atom. The topological polar surface area (TPSA) is 26.3 Å². The van der Waals surface area contributed by atoms with Crippen molar-refractivity contribution in [3.05, 3.63) is 29.8 Å². The van der Waals surface area contributed by atoms with E-state index in [1.165, 1.54) is 44.9 Å². The Hall–Kier alpha value is -1.31. The molecule has 2 nitrogen and oxygen atoms in total. The minimum atomic E-state index is 0.516. The van der Waals surface area contributed by atoms with Gasteiger partial charge in [-0.15, -0.1) is 0 Å². The van der Waals surface area contributed by atoms with E-state index in [2.05, 4.69) is 6.92 Å². The zero-order valence-corrected chi connectivity index (χ0v) is 12.0. The molecule has 0 saturated carbocycles. The van der Waals surface area contributed by atoms with Crippen molar-refractivity contribution in [1.29, 1.82) is 0 Å². The highest BCUT2D eigenvalue weighted by atomic mass is 16.5. The maximum atomic E-state index is 10.7. The van der Waals surface area contributed by atoms with Crippen molar-refractivity contribution in [2.24, 2.45) is 0 Å². The van der Waals surface area contributed by atoms with Gasteiger partial charge in [0.1, 0.15) is 5.75 Å². The van der Waals surface area contributed by atoms with Gasteiger partial charge in [-0.3, -0.25) is 4.79 Å². The Balaban J connectivity index is 2.03. The van der Waals surface area contributed by atoms with Crippen molar-refractivity contribution < 1.29 is 9.53 Å². The number of ether oxygens (including phenoxy) is 1. The van der Waals surface area contributed by atoms with E-state index < -0.39 is 0 Å². The van der Waals surface area contributed by atoms with Crippen molar-refractivity contribution in [3.8, 4) is 5.75 Å². The van der Waals surface area contributed by atoms with E-state index in [1.807, 2.05) is 24.5 Å². The summed E-state index contributed by atoms with van der Waals surface area (Å²) in [4.78, 5) is 10.7. The maximum absolute atomic E-state index is 10.7. The molecule has 0 heterocycles. The van der Waals surface area contributed by atoms with E-state index in [0.717, 1.165) is 6.42 Å². The normalized spacial score (nSPS) is 10.4. The average molecular weight is 261 g/mol. The van der Waals surface area contributed by atoms with E-state index in [0.29, 0.717) is 17.9 Å². The highest BCUT2D eigenvalue weighted by molar-refractivity contribution is 5.79. The van der Waals surface area contributed by atoms with Gasteiger partial charge in [0.25, 0.3) is 0 Å². The van der Waals surface area contributed by atoms with Crippen molar-refractivity contribution in [3.63, 3.8) is 0 Å². The first-order chi connectivity index (χ1) is 9.38. The second kappa shape index (κ2) is 10.6. The molecule has 1 aromatic carbocycles. The fourth-order valence-electron chi connectivity index (χ4n) is 2.09. The first-order valence-corrected chi connectivity index (χ1v) is 7.48. The van der Waals surface area contributed by atoms with Crippen LogP contribution in [-0.4, -0.2) is 12.9 Å². The van der Waals surface area contributed by atoms with Crippen LogP contribution in [0.1, 0.15) is 63.9 Å². The molecule has 0 atom stereocenters. The van der Waals surface area contributed by atoms with Crippen LogP contribution in [0, 0.1) is 0 Å². The Bertz CT molecular complexity index is 347. The standard InChI is InChI=1S/C17H25O2/c1-2-3-4-5-6-7-8-11-14-19-17-13-10-9-12-16(17)15-18/h9-10,12-13H,2-8,11,14H2,1H3. The number of rotatable bonds is 11. The molecule has 1 aromatic rings. The monoisotopic (exact) mass is 261 g/mol. The fraction of sp³-hybridized carbons (Fsp3) is 0.588. The molecule has 0 aromatic heterocycles. The van der Waals surface area contributed by atoms with Gasteiger partial charge in [-0.1, -0.05) is 64.0 Å². The quantitative estimate of drug-likeness (QED) is 0.541. The van der Waals surface area contributed by atoms with Crippen LogP contribution in [0.25, 0.3) is 0 Å². The summed E-state index contributed by atoms with van der Waals surface area (Å²) in [6.07, 6.45) is 12.2. The van der Waals surface area contributed by atoms with Gasteiger partial charge in [-0.25, -0.2) is 0 Å². The highest BCUT2D eigenvalue weighted by Gasteiger charge is 2.01. The summed E-state index contributed by atoms with van der Waals surface area (Å²) in [5.41, 5.74) is 0.516. The Morgan fingerprint density at radius 3 is 2.26 bits per heavy atom. The van der Waals surface area contributed by atoms with Gasteiger partial charge in [0.2, 0.25) is 6.29 Å². The third kappa shape index (κ3) is 7.00. The van der Waals surface area contributed by atoms with Crippen LogP contribution in [0.3, 0.4) is 0 Å². The largest absolute Gasteiger partial charge is 0.493 e. The molecule has 1 rings (SSSR count). The maximum Gasteiger partial charge on any atom is 0.237 e. The second-order valence-corrected chi connectivity index (χ2v) is 4.92. The van der Waals surface area contributed by atoms with Crippen LogP contribution < -0.4 is 4.74 Å². The molecular formula is C17H25O2. The summed E-state index contributed by atoms with van der Waals surface area (Å²) in [6, 6.07) is 7.26. The molecule has 0 fully saturated rings. The number of hydrogen-bond acceptors (Lipinski definition) is 2. The number of unbranched alkanes of at least 4 members (excludes halogenated alkanes) is 7. The number of hydrogen-bond donors (Lipinski definition) is 0. The van der Waals surface area contributed by atoms with Gasteiger partial charge in [0.15, 0.2) is 0 Å². The zero-order valence-electron chi connectivity index (χ0n) is 12.0.